The maximum absolute atomic E-state index is 3.60. The van der Waals surface area contributed by atoms with E-state index in [1.54, 1.807) is 6.20 Å². The van der Waals surface area contributed by atoms with Gasteiger partial charge < -0.3 is 5.32 Å². The van der Waals surface area contributed by atoms with Crippen LogP contribution in [0, 0.1) is 0 Å². The first-order chi connectivity index (χ1) is 5.74. The van der Waals surface area contributed by atoms with Gasteiger partial charge in [0.15, 0.2) is 0 Å². The molecule has 0 unspecified atom stereocenters. The van der Waals surface area contributed by atoms with Crippen molar-refractivity contribution in [1.82, 2.24) is 0 Å². The van der Waals surface area contributed by atoms with Crippen LogP contribution in [0.15, 0.2) is 37.0 Å². The van der Waals surface area contributed by atoms with E-state index < -0.39 is 0 Å². The summed E-state index contributed by atoms with van der Waals surface area (Å²) in [6.45, 7) is 7.98. The van der Waals surface area contributed by atoms with E-state index in [4.69, 9.17) is 0 Å². The van der Waals surface area contributed by atoms with Gasteiger partial charge in [0.2, 0.25) is 0 Å². The lowest BCUT2D eigenvalue weighted by Gasteiger charge is -2.06. The summed E-state index contributed by atoms with van der Waals surface area (Å²) >= 11 is 0. The normalized spacial score (nSPS) is 9.92. The van der Waals surface area contributed by atoms with Crippen LogP contribution in [0.1, 0.15) is 25.3 Å². The molecule has 0 amide bonds. The molecule has 1 rings (SSSR count). The van der Waals surface area contributed by atoms with Gasteiger partial charge in [0, 0.05) is 5.69 Å². The molecule has 0 bridgehead atoms. The molecule has 0 saturated heterocycles. The van der Waals surface area contributed by atoms with Gasteiger partial charge >= 0.3 is 0 Å². The van der Waals surface area contributed by atoms with Crippen molar-refractivity contribution >= 4 is 5.69 Å². The molecule has 1 heteroatoms. The summed E-state index contributed by atoms with van der Waals surface area (Å²) in [7, 11) is 0. The van der Waals surface area contributed by atoms with Gasteiger partial charge in [0.1, 0.15) is 0 Å². The van der Waals surface area contributed by atoms with Crippen LogP contribution in [0.5, 0.6) is 0 Å². The van der Waals surface area contributed by atoms with E-state index in [1.807, 2.05) is 0 Å². The summed E-state index contributed by atoms with van der Waals surface area (Å²) in [4.78, 5) is 0. The van der Waals surface area contributed by atoms with Gasteiger partial charge in [-0.2, -0.15) is 0 Å². The molecule has 1 aromatic carbocycles. The zero-order valence-electron chi connectivity index (χ0n) is 7.67. The van der Waals surface area contributed by atoms with E-state index in [-0.39, 0.29) is 0 Å². The first kappa shape index (κ1) is 8.85. The van der Waals surface area contributed by atoms with Crippen LogP contribution in [0.3, 0.4) is 0 Å². The van der Waals surface area contributed by atoms with Crippen LogP contribution in [0.25, 0.3) is 0 Å². The highest BCUT2D eigenvalue weighted by Gasteiger charge is 1.96. The first-order valence-electron chi connectivity index (χ1n) is 4.21. The Bertz CT molecular complexity index is 246. The van der Waals surface area contributed by atoms with Crippen LogP contribution < -0.4 is 5.32 Å². The Balaban J connectivity index is 2.78. The molecule has 0 aliphatic rings. The Morgan fingerprint density at radius 2 is 1.83 bits per heavy atom. The van der Waals surface area contributed by atoms with E-state index >= 15 is 0 Å². The standard InChI is InChI=1S/C11H15N/c1-4-12-11-7-5-10(6-8-11)9(2)3/h4-9,12H,1H2,2-3H3. The summed E-state index contributed by atoms with van der Waals surface area (Å²) in [5, 5.41) is 3.04. The fourth-order valence-electron chi connectivity index (χ4n) is 1.08. The molecule has 12 heavy (non-hydrogen) atoms. The van der Waals surface area contributed by atoms with E-state index in [9.17, 15) is 0 Å². The minimum Gasteiger partial charge on any atom is -0.362 e. The highest BCUT2D eigenvalue weighted by molar-refractivity contribution is 5.46. The Morgan fingerprint density at radius 1 is 1.25 bits per heavy atom. The summed E-state index contributed by atoms with van der Waals surface area (Å²) in [5.41, 5.74) is 2.46. The van der Waals surface area contributed by atoms with Crippen LogP contribution in [-0.2, 0) is 0 Å². The summed E-state index contributed by atoms with van der Waals surface area (Å²) in [5.74, 6) is 0.600. The van der Waals surface area contributed by atoms with E-state index in [2.05, 4.69) is 50.0 Å². The number of hydrogen-bond acceptors (Lipinski definition) is 1. The quantitative estimate of drug-likeness (QED) is 0.716. The van der Waals surface area contributed by atoms with Crippen LogP contribution in [-0.4, -0.2) is 0 Å². The Kier molecular flexibility index (Phi) is 2.92. The van der Waals surface area contributed by atoms with Crippen molar-refractivity contribution in [1.29, 1.82) is 0 Å². The van der Waals surface area contributed by atoms with Crippen LogP contribution >= 0.6 is 0 Å². The second kappa shape index (κ2) is 3.96. The van der Waals surface area contributed by atoms with Crippen molar-refractivity contribution < 1.29 is 0 Å². The molecule has 1 nitrogen and oxygen atoms in total. The SMILES string of the molecule is C=CNc1ccc(C(C)C)cc1. The molecule has 0 saturated carbocycles. The minimum absolute atomic E-state index is 0.600. The average molecular weight is 161 g/mol. The third kappa shape index (κ3) is 2.12. The second-order valence-corrected chi connectivity index (χ2v) is 3.13. The molecule has 64 valence electrons. The van der Waals surface area contributed by atoms with E-state index in [0.29, 0.717) is 5.92 Å². The lowest BCUT2D eigenvalue weighted by molar-refractivity contribution is 0.867. The van der Waals surface area contributed by atoms with Crippen molar-refractivity contribution in [3.8, 4) is 0 Å². The molecule has 0 aliphatic heterocycles. The average Bonchev–Trinajstić information content (AvgIpc) is 2.06. The van der Waals surface area contributed by atoms with Gasteiger partial charge in [-0.05, 0) is 29.8 Å². The summed E-state index contributed by atoms with van der Waals surface area (Å²) in [6, 6.07) is 8.40. The van der Waals surface area contributed by atoms with Crippen molar-refractivity contribution in [2.45, 2.75) is 19.8 Å². The first-order valence-corrected chi connectivity index (χ1v) is 4.21. The molecule has 0 atom stereocenters. The largest absolute Gasteiger partial charge is 0.362 e. The van der Waals surface area contributed by atoms with Crippen LogP contribution in [0.4, 0.5) is 5.69 Å². The number of anilines is 1. The van der Waals surface area contributed by atoms with Crippen molar-refractivity contribution in [3.05, 3.63) is 42.6 Å². The highest BCUT2D eigenvalue weighted by atomic mass is 14.8. The van der Waals surface area contributed by atoms with Gasteiger partial charge in [-0.1, -0.05) is 32.6 Å². The smallest absolute Gasteiger partial charge is 0.0379 e. The maximum Gasteiger partial charge on any atom is 0.0379 e. The molecule has 0 radical (unpaired) electrons. The number of rotatable bonds is 3. The molecule has 1 aromatic rings. The topological polar surface area (TPSA) is 12.0 Å². The van der Waals surface area contributed by atoms with Crippen molar-refractivity contribution in [3.63, 3.8) is 0 Å². The number of hydrogen-bond donors (Lipinski definition) is 1. The zero-order valence-corrected chi connectivity index (χ0v) is 7.67. The number of nitrogens with one attached hydrogen (secondary N) is 1. The van der Waals surface area contributed by atoms with E-state index in [0.717, 1.165) is 5.69 Å². The van der Waals surface area contributed by atoms with Gasteiger partial charge in [-0.15, -0.1) is 0 Å². The van der Waals surface area contributed by atoms with Gasteiger partial charge in [0.05, 0.1) is 0 Å². The molecule has 0 fully saturated rings. The van der Waals surface area contributed by atoms with Crippen molar-refractivity contribution in [2.75, 3.05) is 5.32 Å². The predicted octanol–water partition coefficient (Wildman–Crippen LogP) is 3.37. The molecule has 0 aromatic heterocycles. The van der Waals surface area contributed by atoms with E-state index in [1.165, 1.54) is 5.56 Å². The van der Waals surface area contributed by atoms with Gasteiger partial charge in [-0.25, -0.2) is 0 Å². The Hall–Kier alpha value is -1.24. The monoisotopic (exact) mass is 161 g/mol. The zero-order chi connectivity index (χ0) is 8.97. The summed E-state index contributed by atoms with van der Waals surface area (Å²) in [6.07, 6.45) is 1.68. The second-order valence-electron chi connectivity index (χ2n) is 3.13. The molecular weight excluding hydrogens is 146 g/mol. The Morgan fingerprint density at radius 3 is 2.25 bits per heavy atom. The molecule has 1 N–H and O–H groups in total. The third-order valence-corrected chi connectivity index (χ3v) is 1.85. The third-order valence-electron chi connectivity index (χ3n) is 1.85. The fourth-order valence-corrected chi connectivity index (χ4v) is 1.08. The molecule has 0 aliphatic carbocycles. The molecular formula is C11H15N. The molecule has 0 spiro atoms. The maximum atomic E-state index is 3.60. The molecule has 0 heterocycles. The van der Waals surface area contributed by atoms with Gasteiger partial charge in [-0.3, -0.25) is 0 Å². The predicted molar refractivity (Wildman–Crippen MR) is 54.4 cm³/mol. The summed E-state index contributed by atoms with van der Waals surface area (Å²) < 4.78 is 0. The number of benzene rings is 1. The Labute approximate surface area is 74.1 Å². The lowest BCUT2D eigenvalue weighted by Crippen LogP contribution is -1.89. The van der Waals surface area contributed by atoms with Crippen LogP contribution in [0.2, 0.25) is 0 Å². The minimum atomic E-state index is 0.600. The van der Waals surface area contributed by atoms with Crippen molar-refractivity contribution in [2.24, 2.45) is 0 Å². The fraction of sp³-hybridized carbons (Fsp3) is 0.273. The van der Waals surface area contributed by atoms with Gasteiger partial charge in [0.25, 0.3) is 0 Å². The lowest BCUT2D eigenvalue weighted by atomic mass is 10.0. The highest BCUT2D eigenvalue weighted by Crippen LogP contribution is 2.16.